The van der Waals surface area contributed by atoms with Crippen molar-refractivity contribution in [3.05, 3.63) is 17.7 Å². The summed E-state index contributed by atoms with van der Waals surface area (Å²) < 4.78 is 16.5. The van der Waals surface area contributed by atoms with E-state index in [-0.39, 0.29) is 12.0 Å². The quantitative estimate of drug-likeness (QED) is 0.893. The number of fused-ring (bicyclic) bond motifs is 1. The van der Waals surface area contributed by atoms with Gasteiger partial charge in [-0.05, 0) is 37.9 Å². The third-order valence-corrected chi connectivity index (χ3v) is 5.46. The molecule has 1 aliphatic heterocycles. The van der Waals surface area contributed by atoms with E-state index in [1.807, 2.05) is 12.1 Å². The summed E-state index contributed by atoms with van der Waals surface area (Å²) in [4.78, 5) is 0. The molecule has 0 unspecified atom stereocenters. The van der Waals surface area contributed by atoms with Gasteiger partial charge in [0.1, 0.15) is 0 Å². The highest BCUT2D eigenvalue weighted by Crippen LogP contribution is 2.50. The summed E-state index contributed by atoms with van der Waals surface area (Å²) in [7, 11) is 4.89. The molecule has 1 heterocycles. The van der Waals surface area contributed by atoms with Crippen LogP contribution in [0.2, 0.25) is 0 Å². The second-order valence-electron chi connectivity index (χ2n) is 6.56. The first kappa shape index (κ1) is 16.4. The van der Waals surface area contributed by atoms with Gasteiger partial charge in [-0.2, -0.15) is 0 Å². The molecule has 1 saturated heterocycles. The molecule has 2 fully saturated rings. The SMILES string of the molecule is COc1ccc([C@@H]2NCC[C@]3(O)CCCC[C@@H]23)c(OC)c1OC. The maximum atomic E-state index is 11.1. The molecule has 0 aromatic heterocycles. The Kier molecular flexibility index (Phi) is 4.69. The predicted molar refractivity (Wildman–Crippen MR) is 88.4 cm³/mol. The summed E-state index contributed by atoms with van der Waals surface area (Å²) in [5.74, 6) is 2.17. The molecule has 2 N–H and O–H groups in total. The average molecular weight is 321 g/mol. The van der Waals surface area contributed by atoms with Crippen LogP contribution in [0.25, 0.3) is 0 Å². The van der Waals surface area contributed by atoms with Gasteiger partial charge in [0.25, 0.3) is 0 Å². The molecule has 23 heavy (non-hydrogen) atoms. The van der Waals surface area contributed by atoms with Crippen molar-refractivity contribution >= 4 is 0 Å². The second-order valence-corrected chi connectivity index (χ2v) is 6.56. The molecule has 5 nitrogen and oxygen atoms in total. The maximum absolute atomic E-state index is 11.1. The summed E-state index contributed by atoms with van der Waals surface area (Å²) >= 11 is 0. The van der Waals surface area contributed by atoms with Gasteiger partial charge >= 0.3 is 0 Å². The minimum Gasteiger partial charge on any atom is -0.493 e. The fraction of sp³-hybridized carbons (Fsp3) is 0.667. The maximum Gasteiger partial charge on any atom is 0.203 e. The van der Waals surface area contributed by atoms with Gasteiger partial charge in [0.2, 0.25) is 5.75 Å². The van der Waals surface area contributed by atoms with Crippen LogP contribution in [-0.4, -0.2) is 38.6 Å². The van der Waals surface area contributed by atoms with Gasteiger partial charge < -0.3 is 24.6 Å². The van der Waals surface area contributed by atoms with Gasteiger partial charge in [0.05, 0.1) is 26.9 Å². The molecular formula is C18H27NO4. The molecule has 2 aliphatic rings. The number of rotatable bonds is 4. The van der Waals surface area contributed by atoms with E-state index >= 15 is 0 Å². The molecule has 3 rings (SSSR count). The van der Waals surface area contributed by atoms with Crippen molar-refractivity contribution in [2.24, 2.45) is 5.92 Å². The molecule has 5 heteroatoms. The average Bonchev–Trinajstić information content (AvgIpc) is 2.59. The van der Waals surface area contributed by atoms with Crippen LogP contribution in [0.15, 0.2) is 12.1 Å². The van der Waals surface area contributed by atoms with E-state index in [0.29, 0.717) is 17.2 Å². The van der Waals surface area contributed by atoms with Crippen LogP contribution in [0.1, 0.15) is 43.7 Å². The number of hydrogen-bond donors (Lipinski definition) is 2. The van der Waals surface area contributed by atoms with Gasteiger partial charge in [0, 0.05) is 17.5 Å². The van der Waals surface area contributed by atoms with Crippen LogP contribution in [0.5, 0.6) is 17.2 Å². The first-order valence-corrected chi connectivity index (χ1v) is 8.39. The number of benzene rings is 1. The molecule has 0 bridgehead atoms. The number of ether oxygens (including phenoxy) is 3. The molecule has 0 amide bonds. The van der Waals surface area contributed by atoms with Gasteiger partial charge in [-0.1, -0.05) is 12.8 Å². The van der Waals surface area contributed by atoms with E-state index in [1.165, 1.54) is 6.42 Å². The van der Waals surface area contributed by atoms with Crippen LogP contribution < -0.4 is 19.5 Å². The van der Waals surface area contributed by atoms with E-state index in [9.17, 15) is 5.11 Å². The summed E-state index contributed by atoms with van der Waals surface area (Å²) in [5, 5.41) is 14.7. The molecular weight excluding hydrogens is 294 g/mol. The van der Waals surface area contributed by atoms with Gasteiger partial charge in [0.15, 0.2) is 11.5 Å². The van der Waals surface area contributed by atoms with Crippen molar-refractivity contribution in [1.29, 1.82) is 0 Å². The summed E-state index contributed by atoms with van der Waals surface area (Å²) in [6.07, 6.45) is 5.03. The first-order chi connectivity index (χ1) is 11.1. The lowest BCUT2D eigenvalue weighted by atomic mass is 9.66. The van der Waals surface area contributed by atoms with Crippen LogP contribution >= 0.6 is 0 Å². The smallest absolute Gasteiger partial charge is 0.203 e. The van der Waals surface area contributed by atoms with Crippen LogP contribution in [-0.2, 0) is 0 Å². The highest BCUT2D eigenvalue weighted by Gasteiger charge is 2.46. The lowest BCUT2D eigenvalue weighted by molar-refractivity contribution is -0.0863. The third-order valence-electron chi connectivity index (χ3n) is 5.46. The van der Waals surface area contributed by atoms with Gasteiger partial charge in [-0.25, -0.2) is 0 Å². The number of hydrogen-bond acceptors (Lipinski definition) is 5. The normalized spacial score (nSPS) is 30.4. The highest BCUT2D eigenvalue weighted by atomic mass is 16.5. The zero-order valence-corrected chi connectivity index (χ0v) is 14.2. The number of piperidine rings is 1. The zero-order chi connectivity index (χ0) is 16.4. The molecule has 1 aliphatic carbocycles. The Bertz CT molecular complexity index is 558. The van der Waals surface area contributed by atoms with Gasteiger partial charge in [-0.3, -0.25) is 0 Å². The van der Waals surface area contributed by atoms with Crippen molar-refractivity contribution in [2.45, 2.75) is 43.7 Å². The number of nitrogens with one attached hydrogen (secondary N) is 1. The van der Waals surface area contributed by atoms with Crippen molar-refractivity contribution in [1.82, 2.24) is 5.32 Å². The number of aliphatic hydroxyl groups is 1. The van der Waals surface area contributed by atoms with E-state index in [2.05, 4.69) is 5.32 Å². The van der Waals surface area contributed by atoms with Crippen molar-refractivity contribution in [3.63, 3.8) is 0 Å². The van der Waals surface area contributed by atoms with Crippen molar-refractivity contribution in [3.8, 4) is 17.2 Å². The summed E-state index contributed by atoms with van der Waals surface area (Å²) in [6, 6.07) is 4.01. The Balaban J connectivity index is 2.03. The second kappa shape index (κ2) is 6.57. The highest BCUT2D eigenvalue weighted by molar-refractivity contribution is 5.57. The van der Waals surface area contributed by atoms with Crippen LogP contribution in [0.4, 0.5) is 0 Å². The Labute approximate surface area is 137 Å². The number of methoxy groups -OCH3 is 3. The van der Waals surface area contributed by atoms with Crippen molar-refractivity contribution < 1.29 is 19.3 Å². The van der Waals surface area contributed by atoms with E-state index in [1.54, 1.807) is 21.3 Å². The Hall–Kier alpha value is -1.46. The van der Waals surface area contributed by atoms with E-state index in [4.69, 9.17) is 14.2 Å². The van der Waals surface area contributed by atoms with E-state index in [0.717, 1.165) is 37.8 Å². The fourth-order valence-corrected chi connectivity index (χ4v) is 4.32. The lowest BCUT2D eigenvalue weighted by Crippen LogP contribution is -2.53. The molecule has 128 valence electrons. The topological polar surface area (TPSA) is 60.0 Å². The third kappa shape index (κ3) is 2.76. The Morgan fingerprint density at radius 3 is 2.52 bits per heavy atom. The molecule has 3 atom stereocenters. The van der Waals surface area contributed by atoms with E-state index < -0.39 is 5.60 Å². The largest absolute Gasteiger partial charge is 0.493 e. The molecule has 0 radical (unpaired) electrons. The monoisotopic (exact) mass is 321 g/mol. The predicted octanol–water partition coefficient (Wildman–Crippen LogP) is 2.67. The Morgan fingerprint density at radius 2 is 1.83 bits per heavy atom. The van der Waals surface area contributed by atoms with Crippen LogP contribution in [0.3, 0.4) is 0 Å². The summed E-state index contributed by atoms with van der Waals surface area (Å²) in [5.41, 5.74) is 0.474. The fourth-order valence-electron chi connectivity index (χ4n) is 4.32. The van der Waals surface area contributed by atoms with Gasteiger partial charge in [-0.15, -0.1) is 0 Å². The minimum absolute atomic E-state index is 0.0730. The molecule has 1 aromatic carbocycles. The molecule has 1 saturated carbocycles. The first-order valence-electron chi connectivity index (χ1n) is 8.39. The zero-order valence-electron chi connectivity index (χ0n) is 14.2. The molecule has 0 spiro atoms. The van der Waals surface area contributed by atoms with Crippen LogP contribution in [0, 0.1) is 5.92 Å². The lowest BCUT2D eigenvalue weighted by Gasteiger charge is -2.48. The summed E-state index contributed by atoms with van der Waals surface area (Å²) in [6.45, 7) is 0.815. The molecule has 1 aromatic rings. The van der Waals surface area contributed by atoms with Crippen molar-refractivity contribution in [2.75, 3.05) is 27.9 Å². The minimum atomic E-state index is -0.563. The Morgan fingerprint density at radius 1 is 1.04 bits per heavy atom. The standard InChI is InChI=1S/C18H27NO4/c1-21-14-8-7-12(16(22-2)17(14)23-3)15-13-6-4-5-9-18(13,20)10-11-19-15/h7-8,13,15,19-20H,4-6,9-11H2,1-3H3/t13-,15-,18+/m0/s1.